The van der Waals surface area contributed by atoms with E-state index in [4.69, 9.17) is 11.6 Å². The molecule has 0 saturated heterocycles. The van der Waals surface area contributed by atoms with Crippen molar-refractivity contribution in [1.29, 1.82) is 0 Å². The van der Waals surface area contributed by atoms with E-state index in [0.29, 0.717) is 0 Å². The average molecular weight is 428 g/mol. The van der Waals surface area contributed by atoms with Crippen molar-refractivity contribution < 1.29 is 0 Å². The van der Waals surface area contributed by atoms with Gasteiger partial charge in [0.25, 0.3) is 0 Å². The van der Waals surface area contributed by atoms with Crippen molar-refractivity contribution >= 4 is 36.1 Å². The predicted molar refractivity (Wildman–Crippen MR) is 105 cm³/mol. The number of hydrogen-bond donors (Lipinski definition) is 0. The second-order valence-corrected chi connectivity index (χ2v) is 20.0. The van der Waals surface area contributed by atoms with E-state index in [2.05, 4.69) is 49.1 Å². The van der Waals surface area contributed by atoms with Crippen molar-refractivity contribution in [2.75, 3.05) is 0 Å². The fourth-order valence-electron chi connectivity index (χ4n) is 3.09. The molecule has 0 aromatic heterocycles. The zero-order valence-electron chi connectivity index (χ0n) is 14.7. The van der Waals surface area contributed by atoms with E-state index in [1.54, 1.807) is 0 Å². The van der Waals surface area contributed by atoms with Crippen LogP contribution in [0.2, 0.25) is 18.3 Å². The van der Waals surface area contributed by atoms with Gasteiger partial charge in [-0.1, -0.05) is 0 Å². The van der Waals surface area contributed by atoms with Crippen LogP contribution in [0.15, 0.2) is 28.4 Å². The van der Waals surface area contributed by atoms with Crippen LogP contribution >= 0.6 is 11.6 Å². The zero-order valence-corrected chi connectivity index (χ0v) is 18.3. The predicted octanol–water partition coefficient (Wildman–Crippen LogP) is 7.74. The Labute approximate surface area is 147 Å². The molecule has 1 rings (SSSR count). The zero-order chi connectivity index (χ0) is 16.3. The minimum absolute atomic E-state index is 0.846. The van der Waals surface area contributed by atoms with E-state index in [9.17, 15) is 0 Å². The molecule has 124 valence electrons. The molecule has 0 bridgehead atoms. The first-order chi connectivity index (χ1) is 10.7. The van der Waals surface area contributed by atoms with Gasteiger partial charge < -0.3 is 0 Å². The molecule has 1 aromatic carbocycles. The summed E-state index contributed by atoms with van der Waals surface area (Å²) in [5, 5.41) is 0.846. The second kappa shape index (κ2) is 11.6. The topological polar surface area (TPSA) is 0 Å². The summed E-state index contributed by atoms with van der Waals surface area (Å²) in [6, 6.07) is 8.29. The third-order valence-electron chi connectivity index (χ3n) is 4.56. The molecule has 1 aromatic rings. The number of unbranched alkanes of at least 4 members (excludes halogenated alkanes) is 3. The standard InChI is InChI=1S/C8H6Cl.3C4H9.Sn/c1-2-7-4-3-5-8(9)6-7;3*1-3-4-2;/h1-6H;3*1,3-4H2,2H3;. The van der Waals surface area contributed by atoms with Crippen molar-refractivity contribution in [2.45, 2.75) is 72.6 Å². The van der Waals surface area contributed by atoms with Gasteiger partial charge in [-0.3, -0.25) is 0 Å². The molecule has 0 spiro atoms. The maximum atomic E-state index is 6.13. The molecule has 0 aliphatic rings. The van der Waals surface area contributed by atoms with E-state index in [-0.39, 0.29) is 0 Å². The summed E-state index contributed by atoms with van der Waals surface area (Å²) in [5.74, 6) is 0. The fourth-order valence-corrected chi connectivity index (χ4v) is 17.5. The third kappa shape index (κ3) is 7.55. The van der Waals surface area contributed by atoms with E-state index in [1.807, 2.05) is 6.07 Å². The average Bonchev–Trinajstić information content (AvgIpc) is 2.53. The summed E-state index contributed by atoms with van der Waals surface area (Å²) in [6.45, 7) is 6.99. The molecule has 0 aliphatic heterocycles. The summed E-state index contributed by atoms with van der Waals surface area (Å²) in [5.41, 5.74) is 1.28. The number of benzene rings is 1. The van der Waals surface area contributed by atoms with Crippen LogP contribution in [-0.2, 0) is 0 Å². The van der Waals surface area contributed by atoms with Gasteiger partial charge in [0, 0.05) is 0 Å². The van der Waals surface area contributed by atoms with Gasteiger partial charge in [0.15, 0.2) is 0 Å². The quantitative estimate of drug-likeness (QED) is 0.317. The summed E-state index contributed by atoms with van der Waals surface area (Å²) in [7, 11) is 0. The van der Waals surface area contributed by atoms with Crippen LogP contribution in [0, 0.1) is 0 Å². The molecule has 0 saturated carbocycles. The summed E-state index contributed by atoms with van der Waals surface area (Å²) in [4.78, 5) is 0. The van der Waals surface area contributed by atoms with Crippen LogP contribution in [0.5, 0.6) is 0 Å². The molecule has 0 radical (unpaired) electrons. The summed E-state index contributed by atoms with van der Waals surface area (Å²) >= 11 is 4.00. The van der Waals surface area contributed by atoms with Gasteiger partial charge in [0.2, 0.25) is 0 Å². The maximum absolute atomic E-state index is 6.13. The normalized spacial score (nSPS) is 12.2. The van der Waals surface area contributed by atoms with Gasteiger partial charge in [-0.05, 0) is 0 Å². The van der Waals surface area contributed by atoms with E-state index in [1.165, 1.54) is 57.4 Å². The van der Waals surface area contributed by atoms with Crippen LogP contribution in [0.1, 0.15) is 64.9 Å². The second-order valence-electron chi connectivity index (χ2n) is 6.56. The van der Waals surface area contributed by atoms with Gasteiger partial charge in [0.05, 0.1) is 0 Å². The first-order valence-electron chi connectivity index (χ1n) is 9.10. The number of rotatable bonds is 11. The molecular formula is C20H33ClSn. The van der Waals surface area contributed by atoms with Crippen molar-refractivity contribution in [3.63, 3.8) is 0 Å². The number of hydrogen-bond acceptors (Lipinski definition) is 0. The Morgan fingerprint density at radius 1 is 0.909 bits per heavy atom. The van der Waals surface area contributed by atoms with E-state index >= 15 is 0 Å². The van der Waals surface area contributed by atoms with Gasteiger partial charge in [-0.2, -0.15) is 0 Å². The van der Waals surface area contributed by atoms with E-state index in [0.717, 1.165) is 5.02 Å². The Morgan fingerprint density at radius 3 is 1.91 bits per heavy atom. The molecule has 0 heterocycles. The molecule has 0 aliphatic carbocycles. The fraction of sp³-hybridized carbons (Fsp3) is 0.600. The van der Waals surface area contributed by atoms with E-state index < -0.39 is 18.4 Å². The molecule has 0 nitrogen and oxygen atoms in total. The SMILES string of the molecule is CCC[CH2][Sn](/[CH]=C/c1cccc(Cl)c1)([CH2]CCC)[CH2]CCC. The Hall–Kier alpha value is 0.0487. The molecule has 22 heavy (non-hydrogen) atoms. The molecule has 0 N–H and O–H groups in total. The van der Waals surface area contributed by atoms with Crippen molar-refractivity contribution in [2.24, 2.45) is 0 Å². The molecule has 0 atom stereocenters. The Balaban J connectivity index is 2.93. The third-order valence-corrected chi connectivity index (χ3v) is 18.8. The minimum atomic E-state index is -2.13. The number of halogens is 1. The van der Waals surface area contributed by atoms with Crippen molar-refractivity contribution in [3.8, 4) is 0 Å². The van der Waals surface area contributed by atoms with Gasteiger partial charge >= 0.3 is 148 Å². The van der Waals surface area contributed by atoms with Crippen LogP contribution in [0.3, 0.4) is 0 Å². The van der Waals surface area contributed by atoms with Crippen LogP contribution in [0.4, 0.5) is 0 Å². The van der Waals surface area contributed by atoms with Crippen molar-refractivity contribution in [1.82, 2.24) is 0 Å². The van der Waals surface area contributed by atoms with Gasteiger partial charge in [-0.15, -0.1) is 0 Å². The van der Waals surface area contributed by atoms with Gasteiger partial charge in [-0.25, -0.2) is 0 Å². The molecule has 0 unspecified atom stereocenters. The van der Waals surface area contributed by atoms with Gasteiger partial charge in [0.1, 0.15) is 0 Å². The first kappa shape index (κ1) is 20.1. The van der Waals surface area contributed by atoms with Crippen molar-refractivity contribution in [3.05, 3.63) is 38.9 Å². The molecule has 2 heteroatoms. The monoisotopic (exact) mass is 428 g/mol. The molecule has 0 fully saturated rings. The Kier molecular flexibility index (Phi) is 10.6. The molecular weight excluding hydrogens is 394 g/mol. The first-order valence-corrected chi connectivity index (χ1v) is 17.2. The van der Waals surface area contributed by atoms with Crippen LogP contribution in [0.25, 0.3) is 6.08 Å². The Morgan fingerprint density at radius 2 is 1.45 bits per heavy atom. The summed E-state index contributed by atoms with van der Waals surface area (Å²) < 4.78 is 7.30. The Bertz CT molecular complexity index is 417. The summed E-state index contributed by atoms with van der Waals surface area (Å²) in [6.07, 6.45) is 10.7. The van der Waals surface area contributed by atoms with Crippen LogP contribution in [-0.4, -0.2) is 18.4 Å². The molecule has 0 amide bonds. The van der Waals surface area contributed by atoms with Crippen LogP contribution < -0.4 is 0 Å².